The number of methoxy groups -OCH3 is 1. The lowest BCUT2D eigenvalue weighted by Gasteiger charge is -2.11. The van der Waals surface area contributed by atoms with Crippen molar-refractivity contribution in [2.75, 3.05) is 7.11 Å². The zero-order valence-electron chi connectivity index (χ0n) is 10.6. The zero-order chi connectivity index (χ0) is 14.7. The van der Waals surface area contributed by atoms with Crippen molar-refractivity contribution in [2.24, 2.45) is 0 Å². The number of pyridine rings is 1. The monoisotopic (exact) mass is 396 g/mol. The smallest absolute Gasteiger partial charge is 0.265 e. The third kappa shape index (κ3) is 3.11. The fraction of sp³-hybridized carbons (Fsp3) is 0.143. The van der Waals surface area contributed by atoms with E-state index < -0.39 is 0 Å². The third-order valence-corrected chi connectivity index (χ3v) is 3.76. The molecule has 0 aliphatic rings. The number of aromatic nitrogens is 1. The molecule has 0 unspecified atom stereocenters. The minimum Gasteiger partial charge on any atom is -0.496 e. The molecule has 2 rings (SSSR count). The minimum absolute atomic E-state index is 0.141. The molecular formula is C14H10Br2N2O2. The van der Waals surface area contributed by atoms with Crippen LogP contribution in [-0.2, 0) is 6.54 Å². The van der Waals surface area contributed by atoms with Gasteiger partial charge in [-0.05, 0) is 56.1 Å². The van der Waals surface area contributed by atoms with Crippen LogP contribution in [0.3, 0.4) is 0 Å². The Balaban J connectivity index is 2.50. The molecule has 1 aromatic heterocycles. The SMILES string of the molecule is COc1ccc(C#N)cc1Cn1cc(Br)cc(Br)c1=O. The number of nitrogens with zero attached hydrogens (tertiary/aromatic N) is 2. The van der Waals surface area contributed by atoms with Crippen LogP contribution in [0.5, 0.6) is 5.75 Å². The Bertz CT molecular complexity index is 748. The zero-order valence-corrected chi connectivity index (χ0v) is 13.7. The maximum Gasteiger partial charge on any atom is 0.265 e. The van der Waals surface area contributed by atoms with E-state index in [9.17, 15) is 4.79 Å². The summed E-state index contributed by atoms with van der Waals surface area (Å²) in [6.07, 6.45) is 1.70. The predicted octanol–water partition coefficient (Wildman–Crippen LogP) is 3.30. The van der Waals surface area contributed by atoms with E-state index >= 15 is 0 Å². The van der Waals surface area contributed by atoms with Crippen molar-refractivity contribution >= 4 is 31.9 Å². The fourth-order valence-electron chi connectivity index (χ4n) is 1.84. The molecule has 0 fully saturated rings. The Hall–Kier alpha value is -1.58. The second kappa shape index (κ2) is 6.25. The van der Waals surface area contributed by atoms with Crippen molar-refractivity contribution in [2.45, 2.75) is 6.54 Å². The van der Waals surface area contributed by atoms with Crippen molar-refractivity contribution in [3.8, 4) is 11.8 Å². The van der Waals surface area contributed by atoms with E-state index in [0.29, 0.717) is 22.3 Å². The summed E-state index contributed by atoms with van der Waals surface area (Å²) in [5.41, 5.74) is 1.17. The van der Waals surface area contributed by atoms with Crippen LogP contribution in [0.25, 0.3) is 0 Å². The molecule has 6 heteroatoms. The summed E-state index contributed by atoms with van der Waals surface area (Å²) in [6.45, 7) is 0.329. The highest BCUT2D eigenvalue weighted by Crippen LogP contribution is 2.21. The quantitative estimate of drug-likeness (QED) is 0.798. The lowest BCUT2D eigenvalue weighted by Crippen LogP contribution is -2.21. The second-order valence-electron chi connectivity index (χ2n) is 4.08. The summed E-state index contributed by atoms with van der Waals surface area (Å²) >= 11 is 6.58. The van der Waals surface area contributed by atoms with Gasteiger partial charge in [0.25, 0.3) is 5.56 Å². The Morgan fingerprint density at radius 2 is 2.10 bits per heavy atom. The van der Waals surface area contributed by atoms with Crippen LogP contribution in [0, 0.1) is 11.3 Å². The highest BCUT2D eigenvalue weighted by atomic mass is 79.9. The topological polar surface area (TPSA) is 55.0 Å². The molecule has 0 amide bonds. The summed E-state index contributed by atoms with van der Waals surface area (Å²) in [6, 6.07) is 8.91. The van der Waals surface area contributed by atoms with E-state index in [-0.39, 0.29) is 5.56 Å². The van der Waals surface area contributed by atoms with Gasteiger partial charge in [-0.3, -0.25) is 4.79 Å². The number of benzene rings is 1. The van der Waals surface area contributed by atoms with Crippen LogP contribution in [-0.4, -0.2) is 11.7 Å². The number of hydrogen-bond acceptors (Lipinski definition) is 3. The first-order valence-electron chi connectivity index (χ1n) is 5.67. The summed E-state index contributed by atoms with van der Waals surface area (Å²) in [7, 11) is 1.56. The second-order valence-corrected chi connectivity index (χ2v) is 5.85. The van der Waals surface area contributed by atoms with Crippen LogP contribution in [0.15, 0.2) is 44.2 Å². The maximum absolute atomic E-state index is 12.1. The van der Waals surface area contributed by atoms with Crippen molar-refractivity contribution in [1.29, 1.82) is 5.26 Å². The number of halogens is 2. The van der Waals surface area contributed by atoms with E-state index in [0.717, 1.165) is 10.0 Å². The molecule has 0 aliphatic heterocycles. The highest BCUT2D eigenvalue weighted by Gasteiger charge is 2.09. The first-order valence-corrected chi connectivity index (χ1v) is 7.26. The van der Waals surface area contributed by atoms with Crippen LogP contribution >= 0.6 is 31.9 Å². The first kappa shape index (κ1) is 14.8. The van der Waals surface area contributed by atoms with Crippen LogP contribution in [0.4, 0.5) is 0 Å². The van der Waals surface area contributed by atoms with Gasteiger partial charge in [0.1, 0.15) is 5.75 Å². The van der Waals surface area contributed by atoms with Gasteiger partial charge >= 0.3 is 0 Å². The molecule has 0 N–H and O–H groups in total. The van der Waals surface area contributed by atoms with Crippen LogP contribution in [0.1, 0.15) is 11.1 Å². The highest BCUT2D eigenvalue weighted by molar-refractivity contribution is 9.11. The summed E-state index contributed by atoms with van der Waals surface area (Å²) in [5, 5.41) is 8.96. The molecule has 102 valence electrons. The van der Waals surface area contributed by atoms with Gasteiger partial charge in [0.2, 0.25) is 0 Å². The largest absolute Gasteiger partial charge is 0.496 e. The Labute approximate surface area is 132 Å². The molecule has 0 aliphatic carbocycles. The van der Waals surface area contributed by atoms with Gasteiger partial charge in [-0.2, -0.15) is 5.26 Å². The predicted molar refractivity (Wildman–Crippen MR) is 82.9 cm³/mol. The van der Waals surface area contributed by atoms with Crippen molar-refractivity contribution in [3.05, 3.63) is 60.9 Å². The molecule has 20 heavy (non-hydrogen) atoms. The van der Waals surface area contributed by atoms with Gasteiger partial charge in [0.05, 0.1) is 29.8 Å². The standard InChI is InChI=1S/C14H10Br2N2O2/c1-20-13-3-2-9(6-17)4-10(13)7-18-8-11(15)5-12(16)14(18)19/h2-5,8H,7H2,1H3. The molecule has 1 heterocycles. The van der Waals surface area contributed by atoms with Gasteiger partial charge < -0.3 is 9.30 Å². The van der Waals surface area contributed by atoms with E-state index in [2.05, 4.69) is 37.9 Å². The van der Waals surface area contributed by atoms with Crippen molar-refractivity contribution in [1.82, 2.24) is 4.57 Å². The van der Waals surface area contributed by atoms with Gasteiger partial charge in [0.15, 0.2) is 0 Å². The molecule has 0 saturated carbocycles. The molecule has 0 atom stereocenters. The Kier molecular flexibility index (Phi) is 4.63. The number of ether oxygens (including phenoxy) is 1. The number of rotatable bonds is 3. The molecule has 2 aromatic rings. The van der Waals surface area contributed by atoms with Gasteiger partial charge in [-0.15, -0.1) is 0 Å². The maximum atomic E-state index is 12.1. The average molecular weight is 398 g/mol. The summed E-state index contributed by atoms with van der Waals surface area (Å²) in [5.74, 6) is 0.645. The fourth-order valence-corrected chi connectivity index (χ4v) is 3.10. The average Bonchev–Trinajstić information content (AvgIpc) is 2.44. The third-order valence-electron chi connectivity index (χ3n) is 2.76. The lowest BCUT2D eigenvalue weighted by atomic mass is 10.1. The number of hydrogen-bond donors (Lipinski definition) is 0. The Morgan fingerprint density at radius 3 is 2.75 bits per heavy atom. The van der Waals surface area contributed by atoms with Gasteiger partial charge in [-0.25, -0.2) is 0 Å². The van der Waals surface area contributed by atoms with Crippen LogP contribution in [0.2, 0.25) is 0 Å². The molecule has 0 radical (unpaired) electrons. The number of nitriles is 1. The Morgan fingerprint density at radius 1 is 1.35 bits per heavy atom. The normalized spacial score (nSPS) is 10.1. The van der Waals surface area contributed by atoms with Gasteiger partial charge in [-0.1, -0.05) is 0 Å². The summed E-state index contributed by atoms with van der Waals surface area (Å²) in [4.78, 5) is 12.1. The molecule has 0 spiro atoms. The molecular weight excluding hydrogens is 388 g/mol. The first-order chi connectivity index (χ1) is 9.55. The molecule has 0 saturated heterocycles. The van der Waals surface area contributed by atoms with E-state index in [1.807, 2.05) is 0 Å². The van der Waals surface area contributed by atoms with Crippen molar-refractivity contribution < 1.29 is 4.74 Å². The van der Waals surface area contributed by atoms with Crippen LogP contribution < -0.4 is 10.3 Å². The minimum atomic E-state index is -0.141. The molecule has 4 nitrogen and oxygen atoms in total. The lowest BCUT2D eigenvalue weighted by molar-refractivity contribution is 0.408. The van der Waals surface area contributed by atoms with Gasteiger partial charge in [0, 0.05) is 16.2 Å². The molecule has 0 bridgehead atoms. The molecule has 1 aromatic carbocycles. The van der Waals surface area contributed by atoms with Crippen molar-refractivity contribution in [3.63, 3.8) is 0 Å². The van der Waals surface area contributed by atoms with E-state index in [1.54, 1.807) is 42.1 Å². The van der Waals surface area contributed by atoms with E-state index in [4.69, 9.17) is 10.00 Å². The summed E-state index contributed by atoms with van der Waals surface area (Å²) < 4.78 is 8.08. The van der Waals surface area contributed by atoms with E-state index in [1.165, 1.54) is 0 Å².